The summed E-state index contributed by atoms with van der Waals surface area (Å²) in [7, 11) is 1.49. The van der Waals surface area contributed by atoms with Gasteiger partial charge in [-0.1, -0.05) is 38.1 Å². The maximum Gasteiger partial charge on any atom is 0.335 e. The second-order valence-corrected chi connectivity index (χ2v) is 6.94. The Labute approximate surface area is 170 Å². The molecule has 0 aliphatic heterocycles. The van der Waals surface area contributed by atoms with Crippen molar-refractivity contribution >= 4 is 17.8 Å². The van der Waals surface area contributed by atoms with E-state index in [2.05, 4.69) is 10.6 Å². The molecule has 0 bridgehead atoms. The van der Waals surface area contributed by atoms with Crippen LogP contribution in [0.25, 0.3) is 0 Å². The van der Waals surface area contributed by atoms with Gasteiger partial charge in [0.05, 0.1) is 18.2 Å². The van der Waals surface area contributed by atoms with E-state index in [-0.39, 0.29) is 23.3 Å². The Balaban J connectivity index is 1.95. The second kappa shape index (κ2) is 10.3. The zero-order valence-corrected chi connectivity index (χ0v) is 16.8. The van der Waals surface area contributed by atoms with Gasteiger partial charge in [-0.15, -0.1) is 0 Å². The highest BCUT2D eigenvalue weighted by Gasteiger charge is 2.25. The maximum absolute atomic E-state index is 12.6. The third kappa shape index (κ3) is 6.07. The third-order valence-electron chi connectivity index (χ3n) is 4.50. The number of methoxy groups -OCH3 is 1. The number of ether oxygens (including phenoxy) is 1. The molecule has 0 aliphatic carbocycles. The Kier molecular flexibility index (Phi) is 7.77. The Hall–Kier alpha value is -3.35. The molecule has 0 aliphatic rings. The van der Waals surface area contributed by atoms with Crippen molar-refractivity contribution in [2.45, 2.75) is 26.3 Å². The molecular weight excluding hydrogens is 372 g/mol. The monoisotopic (exact) mass is 398 g/mol. The van der Waals surface area contributed by atoms with Gasteiger partial charge < -0.3 is 20.5 Å². The number of nitrogens with one attached hydrogen (secondary N) is 2. The van der Waals surface area contributed by atoms with Gasteiger partial charge in [-0.3, -0.25) is 9.59 Å². The molecule has 7 nitrogen and oxygen atoms in total. The van der Waals surface area contributed by atoms with Crippen LogP contribution in [-0.2, 0) is 11.2 Å². The molecule has 154 valence electrons. The van der Waals surface area contributed by atoms with Crippen LogP contribution in [0.2, 0.25) is 0 Å². The normalized spacial score (nSPS) is 11.6. The van der Waals surface area contributed by atoms with E-state index in [1.165, 1.54) is 19.2 Å². The minimum atomic E-state index is -0.976. The standard InChI is InChI=1S/C22H26N2O5/c1-14(2)19(24-20(25)17-6-4-5-7-18(17)29-3)21(26)23-13-12-15-8-10-16(11-9-15)22(27)28/h4-11,14,19H,12-13H2,1-3H3,(H,23,26)(H,24,25)(H,27,28). The second-order valence-electron chi connectivity index (χ2n) is 6.94. The topological polar surface area (TPSA) is 105 Å². The predicted octanol–water partition coefficient (Wildman–Crippen LogP) is 2.51. The summed E-state index contributed by atoms with van der Waals surface area (Å²) in [5.41, 5.74) is 1.50. The number of rotatable bonds is 9. The van der Waals surface area contributed by atoms with Crippen molar-refractivity contribution in [3.05, 3.63) is 65.2 Å². The highest BCUT2D eigenvalue weighted by atomic mass is 16.5. The molecule has 0 radical (unpaired) electrons. The SMILES string of the molecule is COc1ccccc1C(=O)NC(C(=O)NCCc1ccc(C(=O)O)cc1)C(C)C. The summed E-state index contributed by atoms with van der Waals surface area (Å²) in [4.78, 5) is 36.1. The summed E-state index contributed by atoms with van der Waals surface area (Å²) in [6.45, 7) is 4.09. The fraction of sp³-hybridized carbons (Fsp3) is 0.318. The van der Waals surface area contributed by atoms with Crippen LogP contribution in [0.3, 0.4) is 0 Å². The van der Waals surface area contributed by atoms with Gasteiger partial charge in [0, 0.05) is 6.54 Å². The number of benzene rings is 2. The molecule has 0 spiro atoms. The fourth-order valence-electron chi connectivity index (χ4n) is 2.84. The Bertz CT molecular complexity index is 862. The molecule has 0 fully saturated rings. The highest BCUT2D eigenvalue weighted by Crippen LogP contribution is 2.17. The number of hydrogen-bond donors (Lipinski definition) is 3. The van der Waals surface area contributed by atoms with E-state index in [1.807, 2.05) is 13.8 Å². The van der Waals surface area contributed by atoms with Gasteiger partial charge >= 0.3 is 5.97 Å². The van der Waals surface area contributed by atoms with Crippen LogP contribution in [0.5, 0.6) is 5.75 Å². The zero-order chi connectivity index (χ0) is 21.4. The van der Waals surface area contributed by atoms with Gasteiger partial charge in [-0.05, 0) is 42.2 Å². The minimum absolute atomic E-state index is 0.108. The number of carboxylic acid groups (broad SMARTS) is 1. The number of amides is 2. The lowest BCUT2D eigenvalue weighted by molar-refractivity contribution is -0.123. The summed E-state index contributed by atoms with van der Waals surface area (Å²) >= 11 is 0. The van der Waals surface area contributed by atoms with Crippen LogP contribution in [0.4, 0.5) is 0 Å². The first-order chi connectivity index (χ1) is 13.8. The number of para-hydroxylation sites is 1. The van der Waals surface area contributed by atoms with E-state index < -0.39 is 12.0 Å². The van der Waals surface area contributed by atoms with Crippen molar-refractivity contribution in [3.8, 4) is 5.75 Å². The summed E-state index contributed by atoms with van der Waals surface area (Å²) in [5, 5.41) is 14.5. The molecule has 7 heteroatoms. The van der Waals surface area contributed by atoms with Crippen molar-refractivity contribution in [1.82, 2.24) is 10.6 Å². The molecule has 2 aromatic carbocycles. The van der Waals surface area contributed by atoms with Crippen molar-refractivity contribution < 1.29 is 24.2 Å². The first kappa shape index (κ1) is 21.9. The van der Waals surface area contributed by atoms with Gasteiger partial charge in [-0.25, -0.2) is 4.79 Å². The molecule has 2 aromatic rings. The number of carbonyl (C=O) groups is 3. The van der Waals surface area contributed by atoms with Crippen molar-refractivity contribution in [2.24, 2.45) is 5.92 Å². The van der Waals surface area contributed by atoms with Crippen molar-refractivity contribution in [2.75, 3.05) is 13.7 Å². The number of carbonyl (C=O) groups excluding carboxylic acids is 2. The lowest BCUT2D eigenvalue weighted by atomic mass is 10.0. The van der Waals surface area contributed by atoms with E-state index in [0.29, 0.717) is 24.3 Å². The van der Waals surface area contributed by atoms with Gasteiger partial charge in [0.25, 0.3) is 5.91 Å². The van der Waals surface area contributed by atoms with Gasteiger partial charge in [0.15, 0.2) is 0 Å². The van der Waals surface area contributed by atoms with Crippen LogP contribution >= 0.6 is 0 Å². The van der Waals surface area contributed by atoms with E-state index in [0.717, 1.165) is 5.56 Å². The lowest BCUT2D eigenvalue weighted by Crippen LogP contribution is -2.50. The molecule has 0 saturated carbocycles. The van der Waals surface area contributed by atoms with Crippen LogP contribution in [0, 0.1) is 5.92 Å². The summed E-state index contributed by atoms with van der Waals surface area (Å²) < 4.78 is 5.21. The van der Waals surface area contributed by atoms with Crippen molar-refractivity contribution in [1.29, 1.82) is 0 Å². The third-order valence-corrected chi connectivity index (χ3v) is 4.50. The number of aromatic carboxylic acids is 1. The maximum atomic E-state index is 12.6. The molecular formula is C22H26N2O5. The van der Waals surface area contributed by atoms with Gasteiger partial charge in [0.1, 0.15) is 11.8 Å². The smallest absolute Gasteiger partial charge is 0.335 e. The van der Waals surface area contributed by atoms with Crippen LogP contribution in [0.1, 0.15) is 40.1 Å². The first-order valence-electron chi connectivity index (χ1n) is 9.37. The predicted molar refractivity (Wildman–Crippen MR) is 109 cm³/mol. The number of carboxylic acids is 1. The minimum Gasteiger partial charge on any atom is -0.496 e. The van der Waals surface area contributed by atoms with E-state index in [4.69, 9.17) is 9.84 Å². The Morgan fingerprint density at radius 1 is 1.03 bits per heavy atom. The molecule has 29 heavy (non-hydrogen) atoms. The Morgan fingerprint density at radius 2 is 1.69 bits per heavy atom. The summed E-state index contributed by atoms with van der Waals surface area (Å²) in [6.07, 6.45) is 0.552. The molecule has 3 N–H and O–H groups in total. The molecule has 0 aromatic heterocycles. The lowest BCUT2D eigenvalue weighted by Gasteiger charge is -2.22. The average Bonchev–Trinajstić information content (AvgIpc) is 2.71. The molecule has 2 rings (SSSR count). The molecule has 2 amide bonds. The Morgan fingerprint density at radius 3 is 2.28 bits per heavy atom. The van der Waals surface area contributed by atoms with Crippen LogP contribution < -0.4 is 15.4 Å². The van der Waals surface area contributed by atoms with Gasteiger partial charge in [-0.2, -0.15) is 0 Å². The van der Waals surface area contributed by atoms with E-state index in [1.54, 1.807) is 36.4 Å². The summed E-state index contributed by atoms with van der Waals surface area (Å²) in [5.74, 6) is -1.29. The van der Waals surface area contributed by atoms with E-state index in [9.17, 15) is 14.4 Å². The molecule has 0 heterocycles. The van der Waals surface area contributed by atoms with Crippen LogP contribution in [0.15, 0.2) is 48.5 Å². The van der Waals surface area contributed by atoms with Crippen molar-refractivity contribution in [3.63, 3.8) is 0 Å². The quantitative estimate of drug-likeness (QED) is 0.602. The molecule has 0 saturated heterocycles. The summed E-state index contributed by atoms with van der Waals surface area (Å²) in [6, 6.07) is 12.6. The fourth-order valence-corrected chi connectivity index (χ4v) is 2.84. The van der Waals surface area contributed by atoms with Crippen LogP contribution in [-0.4, -0.2) is 42.6 Å². The zero-order valence-electron chi connectivity index (χ0n) is 16.8. The molecule has 1 unspecified atom stereocenters. The largest absolute Gasteiger partial charge is 0.496 e. The van der Waals surface area contributed by atoms with E-state index >= 15 is 0 Å². The number of hydrogen-bond acceptors (Lipinski definition) is 4. The van der Waals surface area contributed by atoms with Gasteiger partial charge in [0.2, 0.25) is 5.91 Å². The highest BCUT2D eigenvalue weighted by molar-refractivity contribution is 5.99. The first-order valence-corrected chi connectivity index (χ1v) is 9.37. The molecule has 1 atom stereocenters. The average molecular weight is 398 g/mol.